The molecule has 1 N–H and O–H groups in total. The van der Waals surface area contributed by atoms with Crippen molar-refractivity contribution in [2.75, 3.05) is 25.5 Å². The molecular weight excluding hydrogens is 392 g/mol. The Morgan fingerprint density at radius 3 is 2.62 bits per heavy atom. The van der Waals surface area contributed by atoms with Crippen LogP contribution in [0.1, 0.15) is 17.5 Å². The molecule has 0 unspecified atom stereocenters. The molecule has 1 heterocycles. The molecule has 2 aromatic carbocycles. The van der Waals surface area contributed by atoms with Crippen LogP contribution in [0.2, 0.25) is 5.02 Å². The number of methoxy groups -OCH3 is 1. The monoisotopic (exact) mass is 412 g/mol. The second-order valence-corrected chi connectivity index (χ2v) is 6.65. The van der Waals surface area contributed by atoms with Gasteiger partial charge in [0.05, 0.1) is 12.1 Å². The van der Waals surface area contributed by atoms with E-state index in [2.05, 4.69) is 5.32 Å². The van der Waals surface area contributed by atoms with E-state index in [1.165, 1.54) is 4.90 Å². The van der Waals surface area contributed by atoms with E-state index in [-0.39, 0.29) is 24.1 Å². The normalized spacial score (nSPS) is 10.4. The first-order valence-corrected chi connectivity index (χ1v) is 9.47. The first-order chi connectivity index (χ1) is 14.0. The number of likely N-dealkylation sites (N-methyl/N-ethyl adjacent to an activating group) is 1. The number of nitrogens with one attached hydrogen (secondary N) is 1. The maximum Gasteiger partial charge on any atom is 0.290 e. The van der Waals surface area contributed by atoms with Gasteiger partial charge in [-0.15, -0.1) is 0 Å². The van der Waals surface area contributed by atoms with E-state index in [0.29, 0.717) is 34.3 Å². The molecule has 2 amide bonds. The van der Waals surface area contributed by atoms with Crippen molar-refractivity contribution in [3.8, 4) is 17.1 Å². The molecule has 0 fully saturated rings. The minimum absolute atomic E-state index is 0.103. The van der Waals surface area contributed by atoms with Gasteiger partial charge in [-0.3, -0.25) is 9.59 Å². The summed E-state index contributed by atoms with van der Waals surface area (Å²) in [5.41, 5.74) is 1.30. The van der Waals surface area contributed by atoms with Crippen molar-refractivity contribution in [1.29, 1.82) is 0 Å². The molecule has 3 rings (SSSR count). The Bertz CT molecular complexity index is 1020. The number of nitrogens with zero attached hydrogens (tertiary/aromatic N) is 1. The van der Waals surface area contributed by atoms with Crippen molar-refractivity contribution < 1.29 is 18.7 Å². The fourth-order valence-electron chi connectivity index (χ4n) is 2.82. The molecule has 6 nitrogen and oxygen atoms in total. The van der Waals surface area contributed by atoms with Gasteiger partial charge in [-0.2, -0.15) is 0 Å². The summed E-state index contributed by atoms with van der Waals surface area (Å²) in [7, 11) is 1.55. The van der Waals surface area contributed by atoms with Crippen molar-refractivity contribution in [3.05, 3.63) is 71.4 Å². The molecule has 1 aromatic heterocycles. The lowest BCUT2D eigenvalue weighted by molar-refractivity contribution is -0.116. The lowest BCUT2D eigenvalue weighted by Crippen LogP contribution is -2.37. The summed E-state index contributed by atoms with van der Waals surface area (Å²) < 4.78 is 10.8. The van der Waals surface area contributed by atoms with Crippen LogP contribution in [-0.4, -0.2) is 36.9 Å². The minimum atomic E-state index is -0.369. The topological polar surface area (TPSA) is 71.8 Å². The van der Waals surface area contributed by atoms with E-state index in [4.69, 9.17) is 20.8 Å². The molecule has 0 aliphatic carbocycles. The Morgan fingerprint density at radius 1 is 1.10 bits per heavy atom. The van der Waals surface area contributed by atoms with Crippen molar-refractivity contribution in [3.63, 3.8) is 0 Å². The third kappa shape index (κ3) is 4.97. The largest absolute Gasteiger partial charge is 0.497 e. The predicted octanol–water partition coefficient (Wildman–Crippen LogP) is 4.71. The van der Waals surface area contributed by atoms with E-state index >= 15 is 0 Å². The van der Waals surface area contributed by atoms with Gasteiger partial charge in [-0.05, 0) is 43.3 Å². The number of furan rings is 1. The van der Waals surface area contributed by atoms with E-state index in [9.17, 15) is 9.59 Å². The molecule has 3 aromatic rings. The van der Waals surface area contributed by atoms with E-state index in [1.54, 1.807) is 56.5 Å². The molecule has 29 heavy (non-hydrogen) atoms. The molecule has 0 bridgehead atoms. The van der Waals surface area contributed by atoms with Crippen LogP contribution in [0.15, 0.2) is 65.1 Å². The van der Waals surface area contributed by atoms with Gasteiger partial charge in [0.25, 0.3) is 5.91 Å². The molecule has 0 saturated heterocycles. The Hall–Kier alpha value is -3.25. The number of carbonyl (C=O) groups excluding carboxylic acids is 2. The highest BCUT2D eigenvalue weighted by Crippen LogP contribution is 2.29. The highest BCUT2D eigenvalue weighted by atomic mass is 35.5. The SMILES string of the molecule is CCN(CC(=O)Nc1cccc(OC)c1)C(=O)c1ccc(-c2ccccc2Cl)o1. The van der Waals surface area contributed by atoms with Gasteiger partial charge in [0.15, 0.2) is 5.76 Å². The van der Waals surface area contributed by atoms with Crippen molar-refractivity contribution in [1.82, 2.24) is 4.90 Å². The lowest BCUT2D eigenvalue weighted by Gasteiger charge is -2.19. The number of carbonyl (C=O) groups is 2. The molecular formula is C22H21ClN2O4. The zero-order valence-electron chi connectivity index (χ0n) is 16.1. The van der Waals surface area contributed by atoms with Gasteiger partial charge in [0.1, 0.15) is 18.1 Å². The van der Waals surface area contributed by atoms with E-state index in [0.717, 1.165) is 0 Å². The van der Waals surface area contributed by atoms with Crippen LogP contribution < -0.4 is 10.1 Å². The smallest absolute Gasteiger partial charge is 0.290 e. The first-order valence-electron chi connectivity index (χ1n) is 9.09. The second-order valence-electron chi connectivity index (χ2n) is 6.24. The maximum atomic E-state index is 12.8. The molecule has 0 atom stereocenters. The van der Waals surface area contributed by atoms with Gasteiger partial charge in [-0.25, -0.2) is 0 Å². The zero-order chi connectivity index (χ0) is 20.8. The summed E-state index contributed by atoms with van der Waals surface area (Å²) in [6, 6.07) is 17.5. The first kappa shape index (κ1) is 20.5. The van der Waals surface area contributed by atoms with Crippen LogP contribution in [-0.2, 0) is 4.79 Å². The Kier molecular flexibility index (Phi) is 6.57. The second kappa shape index (κ2) is 9.30. The average Bonchev–Trinajstić information content (AvgIpc) is 3.22. The number of ether oxygens (including phenoxy) is 1. The third-order valence-corrected chi connectivity index (χ3v) is 4.64. The Labute approximate surface area is 174 Å². The van der Waals surface area contributed by atoms with Crippen LogP contribution in [0, 0.1) is 0 Å². The number of hydrogen-bond acceptors (Lipinski definition) is 4. The summed E-state index contributed by atoms with van der Waals surface area (Å²) in [5, 5.41) is 3.30. The standard InChI is InChI=1S/C22H21ClN2O4/c1-3-25(14-21(26)24-15-7-6-8-16(13-15)28-2)22(27)20-12-11-19(29-20)17-9-4-5-10-18(17)23/h4-13H,3,14H2,1-2H3,(H,24,26). The van der Waals surface area contributed by atoms with Crippen LogP contribution >= 0.6 is 11.6 Å². The summed E-state index contributed by atoms with van der Waals surface area (Å²) in [5.74, 6) is 0.596. The van der Waals surface area contributed by atoms with Gasteiger partial charge >= 0.3 is 0 Å². The predicted molar refractivity (Wildman–Crippen MR) is 112 cm³/mol. The van der Waals surface area contributed by atoms with Gasteiger partial charge in [0.2, 0.25) is 5.91 Å². The van der Waals surface area contributed by atoms with Crippen LogP contribution in [0.3, 0.4) is 0 Å². The van der Waals surface area contributed by atoms with Gasteiger partial charge in [0, 0.05) is 23.9 Å². The summed E-state index contributed by atoms with van der Waals surface area (Å²) in [4.78, 5) is 26.6. The van der Waals surface area contributed by atoms with E-state index < -0.39 is 0 Å². The third-order valence-electron chi connectivity index (χ3n) is 4.31. The van der Waals surface area contributed by atoms with Crippen molar-refractivity contribution in [2.45, 2.75) is 6.92 Å². The van der Waals surface area contributed by atoms with Crippen molar-refractivity contribution in [2.24, 2.45) is 0 Å². The van der Waals surface area contributed by atoms with Crippen LogP contribution in [0.5, 0.6) is 5.75 Å². The molecule has 0 spiro atoms. The number of amides is 2. The minimum Gasteiger partial charge on any atom is -0.497 e. The number of rotatable bonds is 7. The molecule has 0 saturated carbocycles. The molecule has 0 aliphatic heterocycles. The number of halogens is 1. The number of hydrogen-bond donors (Lipinski definition) is 1. The number of anilines is 1. The van der Waals surface area contributed by atoms with Crippen LogP contribution in [0.25, 0.3) is 11.3 Å². The molecule has 150 valence electrons. The Balaban J connectivity index is 1.69. The summed E-state index contributed by atoms with van der Waals surface area (Å²) in [6.45, 7) is 2.05. The summed E-state index contributed by atoms with van der Waals surface area (Å²) >= 11 is 6.19. The molecule has 0 radical (unpaired) electrons. The quantitative estimate of drug-likeness (QED) is 0.610. The van der Waals surface area contributed by atoms with E-state index in [1.807, 2.05) is 18.2 Å². The molecule has 0 aliphatic rings. The fraction of sp³-hybridized carbons (Fsp3) is 0.182. The highest BCUT2D eigenvalue weighted by Gasteiger charge is 2.21. The fourth-order valence-corrected chi connectivity index (χ4v) is 3.05. The zero-order valence-corrected chi connectivity index (χ0v) is 16.9. The lowest BCUT2D eigenvalue weighted by atomic mass is 10.2. The molecule has 7 heteroatoms. The highest BCUT2D eigenvalue weighted by molar-refractivity contribution is 6.33. The maximum absolute atomic E-state index is 12.8. The van der Waals surface area contributed by atoms with Crippen molar-refractivity contribution >= 4 is 29.1 Å². The average molecular weight is 413 g/mol. The van der Waals surface area contributed by atoms with Gasteiger partial charge in [-0.1, -0.05) is 29.8 Å². The van der Waals surface area contributed by atoms with Gasteiger partial charge < -0.3 is 19.4 Å². The van der Waals surface area contributed by atoms with Crippen LogP contribution in [0.4, 0.5) is 5.69 Å². The summed E-state index contributed by atoms with van der Waals surface area (Å²) in [6.07, 6.45) is 0. The number of benzene rings is 2. The Morgan fingerprint density at radius 2 is 1.90 bits per heavy atom.